The van der Waals surface area contributed by atoms with Gasteiger partial charge in [0.1, 0.15) is 6.67 Å². The van der Waals surface area contributed by atoms with Crippen molar-refractivity contribution in [1.82, 2.24) is 0 Å². The summed E-state index contributed by atoms with van der Waals surface area (Å²) >= 11 is 0. The molecule has 0 bridgehead atoms. The van der Waals surface area contributed by atoms with Crippen LogP contribution < -0.4 is 0 Å². The van der Waals surface area contributed by atoms with Gasteiger partial charge in [0, 0.05) is 0 Å². The molecule has 0 rings (SSSR count). The van der Waals surface area contributed by atoms with E-state index < -0.39 is 24.9 Å². The molecule has 10 heavy (non-hydrogen) atoms. The summed E-state index contributed by atoms with van der Waals surface area (Å²) in [6.07, 6.45) is 0. The largest absolute Gasteiger partial charge is 0.311 e. The highest BCUT2D eigenvalue weighted by Crippen LogP contribution is 2.32. The van der Waals surface area contributed by atoms with Gasteiger partial charge in [0.05, 0.1) is 0 Å². The Hall–Kier alpha value is -0.350. The fraction of sp³-hybridized carbons (Fsp3) is 1.00. The first-order valence-electron chi connectivity index (χ1n) is 2.56. The van der Waals surface area contributed by atoms with E-state index in [1.807, 2.05) is 0 Å². The first-order chi connectivity index (χ1) is 4.37. The lowest BCUT2D eigenvalue weighted by atomic mass is 10.0. The third-order valence-corrected chi connectivity index (χ3v) is 1.18. The summed E-state index contributed by atoms with van der Waals surface area (Å²) in [5.41, 5.74) is -3.39. The van der Waals surface area contributed by atoms with Crippen LogP contribution in [0.4, 0.5) is 22.0 Å². The molecule has 0 aromatic heterocycles. The van der Waals surface area contributed by atoms with E-state index in [9.17, 15) is 22.0 Å². The molecule has 0 aliphatic heterocycles. The van der Waals surface area contributed by atoms with Crippen LogP contribution in [0.1, 0.15) is 6.92 Å². The summed E-state index contributed by atoms with van der Waals surface area (Å²) in [4.78, 5) is 0. The number of rotatable bonds is 3. The first kappa shape index (κ1) is 9.65. The molecule has 0 saturated heterocycles. The number of hydrogen-bond donors (Lipinski definition) is 0. The molecular formula is C5H7F5. The Morgan fingerprint density at radius 1 is 1.00 bits per heavy atom. The third kappa shape index (κ3) is 1.58. The van der Waals surface area contributed by atoms with Crippen molar-refractivity contribution in [2.24, 2.45) is 0 Å². The van der Waals surface area contributed by atoms with Gasteiger partial charge in [-0.1, -0.05) is 0 Å². The lowest BCUT2D eigenvalue weighted by Gasteiger charge is -2.24. The summed E-state index contributed by atoms with van der Waals surface area (Å²) in [7, 11) is 0. The molecule has 0 aromatic rings. The van der Waals surface area contributed by atoms with Crippen LogP contribution in [0.15, 0.2) is 0 Å². The van der Waals surface area contributed by atoms with Crippen LogP contribution >= 0.6 is 0 Å². The number of alkyl halides is 5. The van der Waals surface area contributed by atoms with Crippen LogP contribution in [0.2, 0.25) is 0 Å². The molecule has 0 spiro atoms. The highest BCUT2D eigenvalue weighted by Gasteiger charge is 2.51. The molecule has 0 saturated carbocycles. The summed E-state index contributed by atoms with van der Waals surface area (Å²) in [5.74, 6) is -4.22. The maximum Gasteiger partial charge on any atom is 0.311 e. The van der Waals surface area contributed by atoms with Crippen molar-refractivity contribution in [3.63, 3.8) is 0 Å². The minimum absolute atomic E-state index is 0.326. The summed E-state index contributed by atoms with van der Waals surface area (Å²) < 4.78 is 58.8. The Kier molecular flexibility index (Phi) is 2.62. The van der Waals surface area contributed by atoms with Crippen molar-refractivity contribution >= 4 is 0 Å². The highest BCUT2D eigenvalue weighted by molar-refractivity contribution is 4.88. The van der Waals surface area contributed by atoms with Crippen LogP contribution in [0.25, 0.3) is 0 Å². The van der Waals surface area contributed by atoms with Gasteiger partial charge in [0.15, 0.2) is 6.67 Å². The van der Waals surface area contributed by atoms with E-state index in [2.05, 4.69) is 0 Å². The summed E-state index contributed by atoms with van der Waals surface area (Å²) in [5, 5.41) is 0. The predicted molar refractivity (Wildman–Crippen MR) is 26.4 cm³/mol. The minimum Gasteiger partial charge on any atom is -0.247 e. The van der Waals surface area contributed by atoms with Crippen molar-refractivity contribution in [3.8, 4) is 0 Å². The lowest BCUT2D eigenvalue weighted by Crippen LogP contribution is -2.45. The summed E-state index contributed by atoms with van der Waals surface area (Å²) in [6.45, 7) is -3.74. The normalized spacial score (nSPS) is 18.6. The topological polar surface area (TPSA) is 0 Å². The first-order valence-corrected chi connectivity index (χ1v) is 2.56. The molecule has 0 aromatic carbocycles. The van der Waals surface area contributed by atoms with E-state index in [0.29, 0.717) is 6.92 Å². The second kappa shape index (κ2) is 2.72. The van der Waals surface area contributed by atoms with E-state index in [1.54, 1.807) is 0 Å². The van der Waals surface area contributed by atoms with E-state index in [-0.39, 0.29) is 0 Å². The van der Waals surface area contributed by atoms with Crippen LogP contribution in [-0.4, -0.2) is 24.9 Å². The molecule has 0 heterocycles. The molecule has 62 valence electrons. The fourth-order valence-corrected chi connectivity index (χ4v) is 0.237. The Bertz CT molecular complexity index is 94.6. The minimum atomic E-state index is -4.22. The van der Waals surface area contributed by atoms with Gasteiger partial charge in [-0.15, -0.1) is 0 Å². The average Bonchev–Trinajstić information content (AvgIpc) is 1.88. The molecule has 0 aliphatic rings. The molecule has 0 N–H and O–H groups in total. The molecule has 0 nitrogen and oxygen atoms in total. The van der Waals surface area contributed by atoms with Crippen molar-refractivity contribution in [3.05, 3.63) is 0 Å². The number of hydrogen-bond acceptors (Lipinski definition) is 0. The molecule has 0 aliphatic carbocycles. The Morgan fingerprint density at radius 2 is 1.40 bits per heavy atom. The van der Waals surface area contributed by atoms with Gasteiger partial charge in [-0.25, -0.2) is 22.0 Å². The Balaban J connectivity index is 4.28. The van der Waals surface area contributed by atoms with Gasteiger partial charge in [0.25, 0.3) is 0 Å². The maximum atomic E-state index is 12.2. The molecule has 0 amide bonds. The highest BCUT2D eigenvalue weighted by atomic mass is 19.3. The lowest BCUT2D eigenvalue weighted by molar-refractivity contribution is -0.147. The molecule has 1 unspecified atom stereocenters. The molecule has 0 radical (unpaired) electrons. The van der Waals surface area contributed by atoms with Gasteiger partial charge in [0.2, 0.25) is 5.67 Å². The van der Waals surface area contributed by atoms with Crippen molar-refractivity contribution < 1.29 is 22.0 Å². The molecule has 5 heteroatoms. The van der Waals surface area contributed by atoms with Gasteiger partial charge in [-0.3, -0.25) is 0 Å². The zero-order valence-electron chi connectivity index (χ0n) is 5.30. The zero-order valence-corrected chi connectivity index (χ0v) is 5.30. The second-order valence-electron chi connectivity index (χ2n) is 2.17. The molecule has 1 atom stereocenters. The van der Waals surface area contributed by atoms with E-state index in [4.69, 9.17) is 0 Å². The molecular weight excluding hydrogens is 155 g/mol. The van der Waals surface area contributed by atoms with Crippen molar-refractivity contribution in [2.45, 2.75) is 18.5 Å². The number of halogens is 5. The van der Waals surface area contributed by atoms with Gasteiger partial charge >= 0.3 is 5.92 Å². The van der Waals surface area contributed by atoms with E-state index in [1.165, 1.54) is 0 Å². The third-order valence-electron chi connectivity index (χ3n) is 1.18. The fourth-order valence-electron chi connectivity index (χ4n) is 0.237. The standard InChI is InChI=1S/C5H7F5/c1-4(8,2-6)5(9,10)3-7/h2-3H2,1H3. The summed E-state index contributed by atoms with van der Waals surface area (Å²) in [6, 6.07) is 0. The van der Waals surface area contributed by atoms with E-state index in [0.717, 1.165) is 0 Å². The van der Waals surface area contributed by atoms with Crippen molar-refractivity contribution in [2.75, 3.05) is 13.3 Å². The SMILES string of the molecule is CC(F)(CF)C(F)(F)CF. The second-order valence-corrected chi connectivity index (χ2v) is 2.17. The zero-order chi connectivity index (χ0) is 8.41. The van der Waals surface area contributed by atoms with E-state index >= 15 is 0 Å². The molecule has 0 fully saturated rings. The smallest absolute Gasteiger partial charge is 0.247 e. The van der Waals surface area contributed by atoms with Crippen LogP contribution in [0.3, 0.4) is 0 Å². The van der Waals surface area contributed by atoms with Crippen LogP contribution in [-0.2, 0) is 0 Å². The van der Waals surface area contributed by atoms with Gasteiger partial charge in [-0.05, 0) is 6.92 Å². The Labute approximate surface area is 55.0 Å². The van der Waals surface area contributed by atoms with Crippen LogP contribution in [0, 0.1) is 0 Å². The van der Waals surface area contributed by atoms with Crippen LogP contribution in [0.5, 0.6) is 0 Å². The average molecular weight is 162 g/mol. The quantitative estimate of drug-likeness (QED) is 0.558. The maximum absolute atomic E-state index is 12.2. The van der Waals surface area contributed by atoms with Gasteiger partial charge < -0.3 is 0 Å². The monoisotopic (exact) mass is 162 g/mol. The Morgan fingerprint density at radius 3 is 1.50 bits per heavy atom. The van der Waals surface area contributed by atoms with Crippen molar-refractivity contribution in [1.29, 1.82) is 0 Å². The predicted octanol–water partition coefficient (Wildman–Crippen LogP) is 2.29. The van der Waals surface area contributed by atoms with Gasteiger partial charge in [-0.2, -0.15) is 0 Å².